The zero-order valence-corrected chi connectivity index (χ0v) is 11.3. The Morgan fingerprint density at radius 2 is 2.21 bits per heavy atom. The molecule has 0 aromatic heterocycles. The summed E-state index contributed by atoms with van der Waals surface area (Å²) in [6.45, 7) is 5.36. The van der Waals surface area contributed by atoms with E-state index in [1.165, 1.54) is 6.07 Å². The maximum atomic E-state index is 13.6. The molecule has 19 heavy (non-hydrogen) atoms. The number of carbonyl (C=O) groups is 1. The van der Waals surface area contributed by atoms with Gasteiger partial charge < -0.3 is 11.1 Å². The second-order valence-corrected chi connectivity index (χ2v) is 4.64. The van der Waals surface area contributed by atoms with Gasteiger partial charge in [0.05, 0.1) is 17.7 Å². The summed E-state index contributed by atoms with van der Waals surface area (Å²) in [4.78, 5) is 11.9. The van der Waals surface area contributed by atoms with Gasteiger partial charge in [0, 0.05) is 11.3 Å². The summed E-state index contributed by atoms with van der Waals surface area (Å²) in [6.07, 6.45) is 0.778. The number of hydrogen-bond acceptors (Lipinski definition) is 3. The van der Waals surface area contributed by atoms with Crippen LogP contribution >= 0.6 is 0 Å². The second-order valence-electron chi connectivity index (χ2n) is 4.64. The van der Waals surface area contributed by atoms with Gasteiger partial charge in [0.2, 0.25) is 5.91 Å². The summed E-state index contributed by atoms with van der Waals surface area (Å²) >= 11 is 0. The van der Waals surface area contributed by atoms with Gasteiger partial charge in [0.1, 0.15) is 5.82 Å². The molecule has 5 heteroatoms. The van der Waals surface area contributed by atoms with Gasteiger partial charge in [0.25, 0.3) is 0 Å². The number of nitriles is 1. The lowest BCUT2D eigenvalue weighted by Crippen LogP contribution is -2.40. The van der Waals surface area contributed by atoms with Crippen LogP contribution in [0.3, 0.4) is 0 Å². The smallest absolute Gasteiger partial charge is 0.241 e. The van der Waals surface area contributed by atoms with Crippen molar-refractivity contribution in [3.63, 3.8) is 0 Å². The van der Waals surface area contributed by atoms with E-state index in [1.54, 1.807) is 6.92 Å². The standard InChI is InChI=1S/C14H18FN3O/c1-4-8(2)13(17)14(19)18-12-6-10(7-16)5-11(15)9(12)3/h5-6,8,13H,4,17H2,1-3H3,(H,18,19). The fraction of sp³-hybridized carbons (Fsp3) is 0.429. The van der Waals surface area contributed by atoms with Gasteiger partial charge in [-0.2, -0.15) is 5.26 Å². The highest BCUT2D eigenvalue weighted by Crippen LogP contribution is 2.21. The lowest BCUT2D eigenvalue weighted by atomic mass is 9.99. The van der Waals surface area contributed by atoms with E-state index in [9.17, 15) is 9.18 Å². The molecule has 1 amide bonds. The highest BCUT2D eigenvalue weighted by Gasteiger charge is 2.20. The van der Waals surface area contributed by atoms with Crippen molar-refractivity contribution < 1.29 is 9.18 Å². The fourth-order valence-corrected chi connectivity index (χ4v) is 1.60. The normalized spacial score (nSPS) is 13.5. The number of amides is 1. The average Bonchev–Trinajstić information content (AvgIpc) is 2.41. The molecule has 1 aromatic carbocycles. The van der Waals surface area contributed by atoms with Gasteiger partial charge >= 0.3 is 0 Å². The molecule has 2 unspecified atom stereocenters. The number of rotatable bonds is 4. The van der Waals surface area contributed by atoms with Crippen molar-refractivity contribution in [2.45, 2.75) is 33.2 Å². The SMILES string of the molecule is CCC(C)C(N)C(=O)Nc1cc(C#N)cc(F)c1C. The maximum Gasteiger partial charge on any atom is 0.241 e. The molecule has 0 aliphatic rings. The molecule has 0 fully saturated rings. The summed E-state index contributed by atoms with van der Waals surface area (Å²) < 4.78 is 13.6. The zero-order valence-electron chi connectivity index (χ0n) is 11.3. The third-order valence-corrected chi connectivity index (χ3v) is 3.29. The first kappa shape index (κ1) is 15.1. The number of nitrogens with two attached hydrogens (primary N) is 1. The number of hydrogen-bond donors (Lipinski definition) is 2. The van der Waals surface area contributed by atoms with Crippen molar-refractivity contribution in [1.29, 1.82) is 5.26 Å². The van der Waals surface area contributed by atoms with E-state index in [2.05, 4.69) is 5.32 Å². The first-order chi connectivity index (χ1) is 8.90. The Labute approximate surface area is 112 Å². The summed E-state index contributed by atoms with van der Waals surface area (Å²) in [5.41, 5.74) is 6.56. The lowest BCUT2D eigenvalue weighted by molar-refractivity contribution is -0.118. The van der Waals surface area contributed by atoms with Gasteiger partial charge in [-0.15, -0.1) is 0 Å². The monoisotopic (exact) mass is 263 g/mol. The van der Waals surface area contributed by atoms with Crippen LogP contribution in [0.15, 0.2) is 12.1 Å². The first-order valence-corrected chi connectivity index (χ1v) is 6.17. The van der Waals surface area contributed by atoms with Crippen LogP contribution in [0.2, 0.25) is 0 Å². The molecule has 2 atom stereocenters. The third kappa shape index (κ3) is 3.52. The van der Waals surface area contributed by atoms with Crippen LogP contribution in [-0.2, 0) is 4.79 Å². The Balaban J connectivity index is 2.97. The van der Waals surface area contributed by atoms with Crippen molar-refractivity contribution in [2.75, 3.05) is 5.32 Å². The predicted molar refractivity (Wildman–Crippen MR) is 71.9 cm³/mol. The number of nitrogens with zero attached hydrogens (tertiary/aromatic N) is 1. The van der Waals surface area contributed by atoms with Gasteiger partial charge in [-0.3, -0.25) is 4.79 Å². The summed E-state index contributed by atoms with van der Waals surface area (Å²) in [7, 11) is 0. The molecule has 1 aromatic rings. The van der Waals surface area contributed by atoms with Crippen molar-refractivity contribution in [3.8, 4) is 6.07 Å². The molecule has 3 N–H and O–H groups in total. The first-order valence-electron chi connectivity index (χ1n) is 6.17. The zero-order chi connectivity index (χ0) is 14.6. The second kappa shape index (κ2) is 6.30. The number of carbonyl (C=O) groups excluding carboxylic acids is 1. The van der Waals surface area contributed by atoms with Crippen molar-refractivity contribution in [1.82, 2.24) is 0 Å². The highest BCUT2D eigenvalue weighted by atomic mass is 19.1. The predicted octanol–water partition coefficient (Wildman–Crippen LogP) is 2.32. The summed E-state index contributed by atoms with van der Waals surface area (Å²) in [6, 6.07) is 3.78. The molecule has 0 saturated carbocycles. The van der Waals surface area contributed by atoms with Gasteiger partial charge in [-0.25, -0.2) is 4.39 Å². The third-order valence-electron chi connectivity index (χ3n) is 3.29. The average molecular weight is 263 g/mol. The van der Waals surface area contributed by atoms with Gasteiger partial charge in [-0.1, -0.05) is 20.3 Å². The number of nitrogens with one attached hydrogen (secondary N) is 1. The van der Waals surface area contributed by atoms with E-state index in [-0.39, 0.29) is 17.4 Å². The van der Waals surface area contributed by atoms with Crippen LogP contribution in [0, 0.1) is 30.0 Å². The Kier molecular flexibility index (Phi) is 5.02. The molecule has 102 valence electrons. The van der Waals surface area contributed by atoms with Crippen LogP contribution in [0.5, 0.6) is 0 Å². The minimum absolute atomic E-state index is 0.0318. The molecule has 0 bridgehead atoms. The molecule has 0 spiro atoms. The molecular formula is C14H18FN3O. The van der Waals surface area contributed by atoms with Crippen LogP contribution in [0.1, 0.15) is 31.4 Å². The van der Waals surface area contributed by atoms with E-state index in [0.717, 1.165) is 12.5 Å². The highest BCUT2D eigenvalue weighted by molar-refractivity contribution is 5.95. The van der Waals surface area contributed by atoms with E-state index in [1.807, 2.05) is 19.9 Å². The molecule has 1 rings (SSSR count). The summed E-state index contributed by atoms with van der Waals surface area (Å²) in [5, 5.41) is 11.4. The Bertz CT molecular complexity index is 522. The largest absolute Gasteiger partial charge is 0.324 e. The minimum Gasteiger partial charge on any atom is -0.324 e. The molecule has 0 aliphatic carbocycles. The van der Waals surface area contributed by atoms with Crippen LogP contribution in [-0.4, -0.2) is 11.9 Å². The van der Waals surface area contributed by atoms with Crippen molar-refractivity contribution in [2.24, 2.45) is 11.7 Å². The van der Waals surface area contributed by atoms with E-state index < -0.39 is 11.9 Å². The Hall–Kier alpha value is -1.93. The van der Waals surface area contributed by atoms with Gasteiger partial charge in [0.15, 0.2) is 0 Å². The molecule has 0 heterocycles. The van der Waals surface area contributed by atoms with Crippen molar-refractivity contribution >= 4 is 11.6 Å². The van der Waals surface area contributed by atoms with Crippen LogP contribution < -0.4 is 11.1 Å². The quantitative estimate of drug-likeness (QED) is 0.875. The maximum absolute atomic E-state index is 13.6. The Morgan fingerprint density at radius 1 is 1.58 bits per heavy atom. The Morgan fingerprint density at radius 3 is 2.74 bits per heavy atom. The molecule has 0 aliphatic heterocycles. The molecule has 0 radical (unpaired) electrons. The number of halogens is 1. The molecule has 0 saturated heterocycles. The molecule has 4 nitrogen and oxygen atoms in total. The molecular weight excluding hydrogens is 245 g/mol. The van der Waals surface area contributed by atoms with Gasteiger partial charge in [-0.05, 0) is 25.0 Å². The van der Waals surface area contributed by atoms with Crippen LogP contribution in [0.4, 0.5) is 10.1 Å². The lowest BCUT2D eigenvalue weighted by Gasteiger charge is -2.18. The van der Waals surface area contributed by atoms with E-state index >= 15 is 0 Å². The van der Waals surface area contributed by atoms with E-state index in [0.29, 0.717) is 11.3 Å². The van der Waals surface area contributed by atoms with Crippen LogP contribution in [0.25, 0.3) is 0 Å². The summed E-state index contributed by atoms with van der Waals surface area (Å²) in [5.74, 6) is -0.859. The topological polar surface area (TPSA) is 78.9 Å². The number of benzene rings is 1. The van der Waals surface area contributed by atoms with Crippen molar-refractivity contribution in [3.05, 3.63) is 29.1 Å². The van der Waals surface area contributed by atoms with E-state index in [4.69, 9.17) is 11.0 Å². The number of anilines is 1. The fourth-order valence-electron chi connectivity index (χ4n) is 1.60. The minimum atomic E-state index is -0.654.